The Morgan fingerprint density at radius 1 is 1.50 bits per heavy atom. The molecule has 0 aliphatic heterocycles. The highest BCUT2D eigenvalue weighted by atomic mass is 32.1. The predicted molar refractivity (Wildman–Crippen MR) is 65.6 cm³/mol. The number of hydrogen-bond donors (Lipinski definition) is 2. The summed E-state index contributed by atoms with van der Waals surface area (Å²) in [6, 6.07) is 1.96. The minimum absolute atomic E-state index is 0.390. The number of hydrogen-bond acceptors (Lipinski definition) is 6. The first-order valence-electron chi connectivity index (χ1n) is 5.19. The van der Waals surface area contributed by atoms with Gasteiger partial charge in [-0.25, -0.2) is 10.8 Å². The van der Waals surface area contributed by atoms with Gasteiger partial charge in [0.2, 0.25) is 11.8 Å². The molecule has 0 bridgehead atoms. The molecule has 86 valence electrons. The Kier molecular flexibility index (Phi) is 3.53. The fourth-order valence-corrected chi connectivity index (χ4v) is 2.07. The van der Waals surface area contributed by atoms with E-state index in [9.17, 15) is 0 Å². The molecule has 2 rings (SSSR count). The summed E-state index contributed by atoms with van der Waals surface area (Å²) in [5, 5.41) is 2.91. The van der Waals surface area contributed by atoms with Crippen LogP contribution in [0.3, 0.4) is 0 Å². The first-order valence-corrected chi connectivity index (χ1v) is 6.07. The lowest BCUT2D eigenvalue weighted by atomic mass is 10.3. The van der Waals surface area contributed by atoms with Crippen LogP contribution in [-0.2, 0) is 0 Å². The Hall–Kier alpha value is -1.40. The van der Waals surface area contributed by atoms with Gasteiger partial charge in [0.25, 0.3) is 0 Å². The average molecular weight is 238 g/mol. The van der Waals surface area contributed by atoms with Gasteiger partial charge in [-0.2, -0.15) is 4.98 Å². The van der Waals surface area contributed by atoms with Crippen molar-refractivity contribution in [2.45, 2.75) is 19.8 Å². The molecule has 0 radical (unpaired) electrons. The fraction of sp³-hybridized carbons (Fsp3) is 0.400. The lowest BCUT2D eigenvalue weighted by Crippen LogP contribution is -2.11. The van der Waals surface area contributed by atoms with Crippen LogP contribution in [0.5, 0.6) is 5.88 Å². The minimum Gasteiger partial charge on any atom is -0.477 e. The molecular weight excluding hydrogens is 224 g/mol. The third-order valence-electron chi connectivity index (χ3n) is 2.16. The summed E-state index contributed by atoms with van der Waals surface area (Å²) in [5.74, 6) is 6.30. The van der Waals surface area contributed by atoms with Gasteiger partial charge in [-0.3, -0.25) is 5.43 Å². The van der Waals surface area contributed by atoms with Crippen molar-refractivity contribution >= 4 is 27.5 Å². The van der Waals surface area contributed by atoms with Crippen LogP contribution in [0.1, 0.15) is 19.8 Å². The van der Waals surface area contributed by atoms with Gasteiger partial charge in [-0.05, 0) is 17.9 Å². The maximum absolute atomic E-state index is 5.62. The third kappa shape index (κ3) is 2.23. The second kappa shape index (κ2) is 5.09. The standard InChI is InChI=1S/C10H14N4OS/c1-2-3-5-15-8-7-4-6-16-9(7)13-10(12-8)14-11/h4,6H,2-3,5,11H2,1H3,(H,12,13,14). The number of nitrogens with two attached hydrogens (primary N) is 1. The summed E-state index contributed by atoms with van der Waals surface area (Å²) in [4.78, 5) is 9.32. The number of rotatable bonds is 5. The van der Waals surface area contributed by atoms with Crippen molar-refractivity contribution in [2.75, 3.05) is 12.0 Å². The van der Waals surface area contributed by atoms with Crippen LogP contribution < -0.4 is 16.0 Å². The van der Waals surface area contributed by atoms with Crippen LogP contribution in [0.15, 0.2) is 11.4 Å². The van der Waals surface area contributed by atoms with Crippen molar-refractivity contribution in [3.8, 4) is 5.88 Å². The summed E-state index contributed by atoms with van der Waals surface area (Å²) in [5.41, 5.74) is 2.44. The van der Waals surface area contributed by atoms with Crippen LogP contribution in [-0.4, -0.2) is 16.6 Å². The topological polar surface area (TPSA) is 73.1 Å². The Balaban J connectivity index is 2.29. The molecule has 5 nitrogen and oxygen atoms in total. The van der Waals surface area contributed by atoms with E-state index in [0.717, 1.165) is 23.1 Å². The molecule has 0 fully saturated rings. The van der Waals surface area contributed by atoms with E-state index in [0.29, 0.717) is 18.4 Å². The van der Waals surface area contributed by atoms with E-state index in [2.05, 4.69) is 22.3 Å². The third-order valence-corrected chi connectivity index (χ3v) is 2.96. The SMILES string of the molecule is CCCCOc1nc(NN)nc2sccc12. The largest absolute Gasteiger partial charge is 0.477 e. The van der Waals surface area contributed by atoms with Crippen LogP contribution in [0.25, 0.3) is 10.2 Å². The minimum atomic E-state index is 0.390. The Morgan fingerprint density at radius 3 is 3.12 bits per heavy atom. The van der Waals surface area contributed by atoms with E-state index < -0.39 is 0 Å². The molecule has 0 saturated heterocycles. The zero-order valence-corrected chi connectivity index (χ0v) is 9.88. The van der Waals surface area contributed by atoms with Gasteiger partial charge in [0.05, 0.1) is 12.0 Å². The molecule has 0 spiro atoms. The van der Waals surface area contributed by atoms with E-state index in [1.165, 1.54) is 0 Å². The van der Waals surface area contributed by atoms with E-state index >= 15 is 0 Å². The maximum atomic E-state index is 5.62. The van der Waals surface area contributed by atoms with Crippen LogP contribution in [0, 0.1) is 0 Å². The fourth-order valence-electron chi connectivity index (χ4n) is 1.32. The summed E-state index contributed by atoms with van der Waals surface area (Å²) in [7, 11) is 0. The summed E-state index contributed by atoms with van der Waals surface area (Å²) in [6.45, 7) is 2.79. The summed E-state index contributed by atoms with van der Waals surface area (Å²) >= 11 is 1.54. The Bertz CT molecular complexity index is 471. The first kappa shape index (κ1) is 11.1. The van der Waals surface area contributed by atoms with Crippen molar-refractivity contribution in [3.05, 3.63) is 11.4 Å². The average Bonchev–Trinajstić information content (AvgIpc) is 2.77. The molecule has 3 N–H and O–H groups in total. The number of unbranched alkanes of at least 4 members (excludes halogenated alkanes) is 1. The lowest BCUT2D eigenvalue weighted by molar-refractivity contribution is 0.302. The Morgan fingerprint density at radius 2 is 2.38 bits per heavy atom. The van der Waals surface area contributed by atoms with Crippen molar-refractivity contribution in [1.29, 1.82) is 0 Å². The van der Waals surface area contributed by atoms with Crippen molar-refractivity contribution in [1.82, 2.24) is 9.97 Å². The monoisotopic (exact) mass is 238 g/mol. The number of anilines is 1. The smallest absolute Gasteiger partial charge is 0.241 e. The van der Waals surface area contributed by atoms with E-state index in [1.54, 1.807) is 11.3 Å². The molecule has 6 heteroatoms. The lowest BCUT2D eigenvalue weighted by Gasteiger charge is -2.06. The number of ether oxygens (including phenoxy) is 1. The number of thiophene rings is 1. The van der Waals surface area contributed by atoms with Crippen molar-refractivity contribution < 1.29 is 4.74 Å². The molecule has 0 saturated carbocycles. The highest BCUT2D eigenvalue weighted by Gasteiger charge is 2.08. The van der Waals surface area contributed by atoms with E-state index in [-0.39, 0.29) is 0 Å². The molecule has 0 aliphatic rings. The zero-order valence-electron chi connectivity index (χ0n) is 9.06. The highest BCUT2D eigenvalue weighted by molar-refractivity contribution is 7.16. The number of nitrogens with one attached hydrogen (secondary N) is 1. The summed E-state index contributed by atoms with van der Waals surface area (Å²) in [6.07, 6.45) is 2.11. The van der Waals surface area contributed by atoms with Crippen molar-refractivity contribution in [2.24, 2.45) is 5.84 Å². The quantitative estimate of drug-likeness (QED) is 0.474. The molecule has 2 aromatic rings. The zero-order chi connectivity index (χ0) is 11.4. The molecule has 16 heavy (non-hydrogen) atoms. The maximum Gasteiger partial charge on any atom is 0.241 e. The van der Waals surface area contributed by atoms with Crippen LogP contribution in [0.4, 0.5) is 5.95 Å². The molecular formula is C10H14N4OS. The van der Waals surface area contributed by atoms with Gasteiger partial charge in [0.1, 0.15) is 4.83 Å². The first-order chi connectivity index (χ1) is 7.85. The molecule has 0 aliphatic carbocycles. The number of hydrazine groups is 1. The predicted octanol–water partition coefficient (Wildman–Crippen LogP) is 2.16. The van der Waals surface area contributed by atoms with Crippen molar-refractivity contribution in [3.63, 3.8) is 0 Å². The van der Waals surface area contributed by atoms with Gasteiger partial charge >= 0.3 is 0 Å². The highest BCUT2D eigenvalue weighted by Crippen LogP contribution is 2.27. The molecule has 0 atom stereocenters. The number of nitrogen functional groups attached to an aromatic ring is 1. The number of fused-ring (bicyclic) bond motifs is 1. The van der Waals surface area contributed by atoms with Gasteiger partial charge in [-0.1, -0.05) is 13.3 Å². The van der Waals surface area contributed by atoms with Gasteiger partial charge in [0, 0.05) is 0 Å². The number of nitrogens with zero attached hydrogens (tertiary/aromatic N) is 2. The van der Waals surface area contributed by atoms with Gasteiger partial charge in [0.15, 0.2) is 0 Å². The van der Waals surface area contributed by atoms with Crippen LogP contribution in [0.2, 0.25) is 0 Å². The number of aromatic nitrogens is 2. The van der Waals surface area contributed by atoms with Gasteiger partial charge < -0.3 is 4.74 Å². The van der Waals surface area contributed by atoms with E-state index in [4.69, 9.17) is 10.6 Å². The molecule has 2 heterocycles. The van der Waals surface area contributed by atoms with Gasteiger partial charge in [-0.15, -0.1) is 11.3 Å². The molecule has 2 aromatic heterocycles. The molecule has 0 aromatic carbocycles. The molecule has 0 unspecified atom stereocenters. The second-order valence-corrected chi connectivity index (χ2v) is 4.23. The molecule has 0 amide bonds. The Labute approximate surface area is 97.6 Å². The van der Waals surface area contributed by atoms with Crippen LogP contribution >= 0.6 is 11.3 Å². The normalized spacial score (nSPS) is 10.6. The second-order valence-electron chi connectivity index (χ2n) is 3.34. The van der Waals surface area contributed by atoms with E-state index in [1.807, 2.05) is 11.4 Å². The summed E-state index contributed by atoms with van der Waals surface area (Å²) < 4.78 is 5.62.